The predicted octanol–water partition coefficient (Wildman–Crippen LogP) is 1.68. The van der Waals surface area contributed by atoms with Gasteiger partial charge in [-0.2, -0.15) is 5.26 Å². The molecule has 0 bridgehead atoms. The average Bonchev–Trinajstić information content (AvgIpc) is 1.86. The van der Waals surface area contributed by atoms with E-state index in [1.807, 2.05) is 0 Å². The quantitative estimate of drug-likeness (QED) is 0.645. The van der Waals surface area contributed by atoms with Crippen molar-refractivity contribution < 1.29 is 0 Å². The minimum absolute atomic E-state index is 0.380. The van der Waals surface area contributed by atoms with Crippen molar-refractivity contribution in [2.75, 3.05) is 0 Å². The zero-order chi connectivity index (χ0) is 7.98. The van der Waals surface area contributed by atoms with Crippen LogP contribution >= 0.6 is 0 Å². The highest BCUT2D eigenvalue weighted by molar-refractivity contribution is 4.80. The fraction of sp³-hybridized carbons (Fsp3) is 0.875. The minimum atomic E-state index is 0.380. The molecule has 0 amide bonds. The van der Waals surface area contributed by atoms with E-state index < -0.39 is 0 Å². The zero-order valence-electron chi connectivity index (χ0n) is 7.02. The Balaban J connectivity index is 3.52. The molecule has 1 N–H and O–H groups in total. The van der Waals surface area contributed by atoms with Gasteiger partial charge in [0.2, 0.25) is 0 Å². The maximum absolute atomic E-state index is 8.39. The molecule has 1 atom stereocenters. The van der Waals surface area contributed by atoms with Crippen LogP contribution in [0.1, 0.15) is 33.6 Å². The van der Waals surface area contributed by atoms with E-state index in [4.69, 9.17) is 5.26 Å². The normalized spacial score (nSPS) is 13.1. The van der Waals surface area contributed by atoms with Crippen LogP contribution in [0.3, 0.4) is 0 Å². The SMILES string of the molecule is CC[C@@H](CC#N)NC(C)C. The first-order valence-electron chi connectivity index (χ1n) is 3.83. The molecule has 10 heavy (non-hydrogen) atoms. The van der Waals surface area contributed by atoms with Gasteiger partial charge in [-0.1, -0.05) is 20.8 Å². The molecule has 0 aromatic heterocycles. The van der Waals surface area contributed by atoms with E-state index >= 15 is 0 Å². The molecule has 0 aromatic carbocycles. The summed E-state index contributed by atoms with van der Waals surface area (Å²) >= 11 is 0. The van der Waals surface area contributed by atoms with E-state index in [1.165, 1.54) is 0 Å². The van der Waals surface area contributed by atoms with Gasteiger partial charge in [-0.25, -0.2) is 0 Å². The lowest BCUT2D eigenvalue weighted by Gasteiger charge is -2.15. The molecule has 0 aromatic rings. The van der Waals surface area contributed by atoms with Gasteiger partial charge in [0.1, 0.15) is 0 Å². The van der Waals surface area contributed by atoms with E-state index in [0.717, 1.165) is 6.42 Å². The van der Waals surface area contributed by atoms with Crippen LogP contribution in [0.2, 0.25) is 0 Å². The number of hydrogen-bond donors (Lipinski definition) is 1. The van der Waals surface area contributed by atoms with Gasteiger partial charge in [-0.05, 0) is 6.42 Å². The number of rotatable bonds is 4. The molecule has 0 aliphatic rings. The van der Waals surface area contributed by atoms with Crippen LogP contribution in [-0.4, -0.2) is 12.1 Å². The second kappa shape index (κ2) is 5.25. The van der Waals surface area contributed by atoms with E-state index in [0.29, 0.717) is 18.5 Å². The van der Waals surface area contributed by atoms with Crippen molar-refractivity contribution in [1.29, 1.82) is 5.26 Å². The summed E-state index contributed by atoms with van der Waals surface area (Å²) in [6.07, 6.45) is 1.65. The molecule has 0 aliphatic carbocycles. The molecular weight excluding hydrogens is 124 g/mol. The third kappa shape index (κ3) is 4.34. The Bertz CT molecular complexity index is 113. The molecule has 0 unspecified atom stereocenters. The van der Waals surface area contributed by atoms with Gasteiger partial charge in [-0.15, -0.1) is 0 Å². The molecule has 0 heterocycles. The summed E-state index contributed by atoms with van der Waals surface area (Å²) < 4.78 is 0. The smallest absolute Gasteiger partial charge is 0.0638 e. The molecule has 0 rings (SSSR count). The van der Waals surface area contributed by atoms with Crippen LogP contribution in [-0.2, 0) is 0 Å². The van der Waals surface area contributed by atoms with Gasteiger partial charge in [0.15, 0.2) is 0 Å². The first-order chi connectivity index (χ1) is 4.70. The maximum atomic E-state index is 8.39. The molecule has 58 valence electrons. The fourth-order valence-corrected chi connectivity index (χ4v) is 0.903. The van der Waals surface area contributed by atoms with Gasteiger partial charge >= 0.3 is 0 Å². The molecule has 2 heteroatoms. The van der Waals surface area contributed by atoms with Crippen molar-refractivity contribution in [3.8, 4) is 6.07 Å². The summed E-state index contributed by atoms with van der Waals surface area (Å²) in [7, 11) is 0. The lowest BCUT2D eigenvalue weighted by Crippen LogP contribution is -2.33. The van der Waals surface area contributed by atoms with Crippen LogP contribution in [0, 0.1) is 11.3 Å². The number of nitriles is 1. The molecular formula is C8H16N2. The van der Waals surface area contributed by atoms with Crippen molar-refractivity contribution in [3.63, 3.8) is 0 Å². The zero-order valence-corrected chi connectivity index (χ0v) is 7.02. The van der Waals surface area contributed by atoms with Crippen molar-refractivity contribution in [3.05, 3.63) is 0 Å². The molecule has 0 radical (unpaired) electrons. The van der Waals surface area contributed by atoms with Crippen molar-refractivity contribution in [2.45, 2.75) is 45.7 Å². The summed E-state index contributed by atoms with van der Waals surface area (Å²) in [4.78, 5) is 0. The number of nitrogens with one attached hydrogen (secondary N) is 1. The Hall–Kier alpha value is -0.550. The average molecular weight is 140 g/mol. The van der Waals surface area contributed by atoms with Gasteiger partial charge in [0.25, 0.3) is 0 Å². The maximum Gasteiger partial charge on any atom is 0.0638 e. The van der Waals surface area contributed by atoms with Crippen LogP contribution in [0.5, 0.6) is 0 Å². The summed E-state index contributed by atoms with van der Waals surface area (Å²) in [6, 6.07) is 3.03. The Morgan fingerprint density at radius 3 is 2.40 bits per heavy atom. The summed E-state index contributed by atoms with van der Waals surface area (Å²) in [6.45, 7) is 6.29. The van der Waals surface area contributed by atoms with Crippen LogP contribution in [0.15, 0.2) is 0 Å². The van der Waals surface area contributed by atoms with Crippen molar-refractivity contribution in [2.24, 2.45) is 0 Å². The Morgan fingerprint density at radius 1 is 1.50 bits per heavy atom. The molecule has 0 saturated carbocycles. The number of nitrogens with zero attached hydrogens (tertiary/aromatic N) is 1. The van der Waals surface area contributed by atoms with E-state index in [2.05, 4.69) is 32.2 Å². The van der Waals surface area contributed by atoms with Gasteiger partial charge in [-0.3, -0.25) is 0 Å². The topological polar surface area (TPSA) is 35.8 Å². The van der Waals surface area contributed by atoms with E-state index in [-0.39, 0.29) is 0 Å². The van der Waals surface area contributed by atoms with Crippen molar-refractivity contribution >= 4 is 0 Å². The number of hydrogen-bond acceptors (Lipinski definition) is 2. The summed E-state index contributed by atoms with van der Waals surface area (Å²) in [5.74, 6) is 0. The second-order valence-electron chi connectivity index (χ2n) is 2.79. The standard InChI is InChI=1S/C8H16N2/c1-4-8(5-6-9)10-7(2)3/h7-8,10H,4-5H2,1-3H3/t8-/m0/s1. The predicted molar refractivity (Wildman–Crippen MR) is 42.6 cm³/mol. The van der Waals surface area contributed by atoms with Gasteiger partial charge in [0.05, 0.1) is 12.5 Å². The van der Waals surface area contributed by atoms with Crippen LogP contribution in [0.25, 0.3) is 0 Å². The minimum Gasteiger partial charge on any atom is -0.311 e. The molecule has 0 aliphatic heterocycles. The third-order valence-electron chi connectivity index (χ3n) is 1.40. The highest BCUT2D eigenvalue weighted by atomic mass is 14.9. The third-order valence-corrected chi connectivity index (χ3v) is 1.40. The molecule has 0 saturated heterocycles. The monoisotopic (exact) mass is 140 g/mol. The fourth-order valence-electron chi connectivity index (χ4n) is 0.903. The Morgan fingerprint density at radius 2 is 2.10 bits per heavy atom. The highest BCUT2D eigenvalue weighted by Gasteiger charge is 2.04. The molecule has 0 spiro atoms. The van der Waals surface area contributed by atoms with E-state index in [9.17, 15) is 0 Å². The largest absolute Gasteiger partial charge is 0.311 e. The second-order valence-corrected chi connectivity index (χ2v) is 2.79. The molecule has 2 nitrogen and oxygen atoms in total. The summed E-state index contributed by atoms with van der Waals surface area (Å²) in [5.41, 5.74) is 0. The lowest BCUT2D eigenvalue weighted by molar-refractivity contribution is 0.457. The summed E-state index contributed by atoms with van der Waals surface area (Å²) in [5, 5.41) is 11.7. The molecule has 0 fully saturated rings. The Labute approximate surface area is 63.2 Å². The first kappa shape index (κ1) is 9.45. The van der Waals surface area contributed by atoms with Gasteiger partial charge < -0.3 is 5.32 Å². The van der Waals surface area contributed by atoms with Crippen LogP contribution < -0.4 is 5.32 Å². The van der Waals surface area contributed by atoms with Crippen molar-refractivity contribution in [1.82, 2.24) is 5.32 Å². The highest BCUT2D eigenvalue weighted by Crippen LogP contribution is 1.96. The lowest BCUT2D eigenvalue weighted by atomic mass is 10.1. The van der Waals surface area contributed by atoms with E-state index in [1.54, 1.807) is 0 Å². The Kier molecular flexibility index (Phi) is 4.96. The van der Waals surface area contributed by atoms with Crippen LogP contribution in [0.4, 0.5) is 0 Å². The first-order valence-corrected chi connectivity index (χ1v) is 3.83. The van der Waals surface area contributed by atoms with Gasteiger partial charge in [0, 0.05) is 12.1 Å².